The first-order valence-electron chi connectivity index (χ1n) is 9.47. The van der Waals surface area contributed by atoms with Crippen LogP contribution in [0.25, 0.3) is 10.9 Å². The molecule has 13 heteroatoms. The molecule has 0 amide bonds. The number of methoxy groups -OCH3 is 1. The van der Waals surface area contributed by atoms with Gasteiger partial charge in [0.25, 0.3) is 0 Å². The predicted molar refractivity (Wildman–Crippen MR) is 108 cm³/mol. The number of nitrogens with two attached hydrogens (primary N) is 1. The van der Waals surface area contributed by atoms with E-state index in [-0.39, 0.29) is 53.7 Å². The summed E-state index contributed by atoms with van der Waals surface area (Å²) >= 11 is 0. The minimum Gasteiger partial charge on any atom is -0.491 e. The standard InChI is InChI=1S/C20H19F6N5O2/c1-10-29-14-8-13(19(21,22)23)15(33-4-3-32-2)7-12(14)18(30-10)28-9-11-5-16(20(24,25)26)31-17(27)6-11/h5-8H,3-4,9H2,1-2H3,(H2,27,31)(H,28,29,30). The molecule has 0 saturated carbocycles. The van der Waals surface area contributed by atoms with Crippen LogP contribution in [-0.2, 0) is 23.6 Å². The maximum Gasteiger partial charge on any atom is 0.433 e. The van der Waals surface area contributed by atoms with E-state index in [1.807, 2.05) is 0 Å². The van der Waals surface area contributed by atoms with Crippen molar-refractivity contribution in [3.05, 3.63) is 46.9 Å². The highest BCUT2D eigenvalue weighted by molar-refractivity contribution is 5.91. The van der Waals surface area contributed by atoms with Crippen molar-refractivity contribution in [3.8, 4) is 5.75 Å². The smallest absolute Gasteiger partial charge is 0.433 e. The minimum absolute atomic E-state index is 0.0124. The predicted octanol–water partition coefficient (Wildman–Crippen LogP) is 4.59. The Labute approximate surface area is 183 Å². The number of ether oxygens (including phenoxy) is 2. The van der Waals surface area contributed by atoms with E-state index in [0.29, 0.717) is 0 Å². The number of rotatable bonds is 7. The quantitative estimate of drug-likeness (QED) is 0.381. The van der Waals surface area contributed by atoms with Crippen LogP contribution in [0, 0.1) is 6.92 Å². The van der Waals surface area contributed by atoms with Gasteiger partial charge in [0.15, 0.2) is 0 Å². The average molecular weight is 475 g/mol. The summed E-state index contributed by atoms with van der Waals surface area (Å²) in [5.74, 6) is -0.493. The lowest BCUT2D eigenvalue weighted by Gasteiger charge is -2.17. The summed E-state index contributed by atoms with van der Waals surface area (Å²) in [6.45, 7) is 1.27. The van der Waals surface area contributed by atoms with E-state index in [9.17, 15) is 26.3 Å². The van der Waals surface area contributed by atoms with E-state index in [1.165, 1.54) is 20.1 Å². The highest BCUT2D eigenvalue weighted by Crippen LogP contribution is 2.40. The van der Waals surface area contributed by atoms with Crippen LogP contribution in [0.15, 0.2) is 24.3 Å². The second-order valence-electron chi connectivity index (χ2n) is 6.96. The van der Waals surface area contributed by atoms with Gasteiger partial charge >= 0.3 is 12.4 Å². The van der Waals surface area contributed by atoms with E-state index in [2.05, 4.69) is 20.3 Å². The topological polar surface area (TPSA) is 95.2 Å². The summed E-state index contributed by atoms with van der Waals surface area (Å²) in [6, 6.07) is 4.04. The number of nitrogens with one attached hydrogen (secondary N) is 1. The van der Waals surface area contributed by atoms with Crippen molar-refractivity contribution in [2.75, 3.05) is 31.4 Å². The zero-order valence-electron chi connectivity index (χ0n) is 17.4. The Morgan fingerprint density at radius 3 is 2.30 bits per heavy atom. The van der Waals surface area contributed by atoms with Crippen LogP contribution >= 0.6 is 0 Å². The Morgan fingerprint density at radius 2 is 1.67 bits per heavy atom. The molecule has 0 atom stereocenters. The molecule has 3 N–H and O–H groups in total. The van der Waals surface area contributed by atoms with E-state index in [1.54, 1.807) is 0 Å². The van der Waals surface area contributed by atoms with E-state index >= 15 is 0 Å². The van der Waals surface area contributed by atoms with Gasteiger partial charge in [-0.2, -0.15) is 26.3 Å². The van der Waals surface area contributed by atoms with Gasteiger partial charge in [-0.05, 0) is 36.8 Å². The lowest BCUT2D eigenvalue weighted by Crippen LogP contribution is -2.13. The van der Waals surface area contributed by atoms with E-state index < -0.39 is 29.4 Å². The third-order valence-electron chi connectivity index (χ3n) is 4.41. The van der Waals surface area contributed by atoms with Gasteiger partial charge in [-0.3, -0.25) is 0 Å². The van der Waals surface area contributed by atoms with Crippen molar-refractivity contribution in [2.24, 2.45) is 0 Å². The molecule has 178 valence electrons. The summed E-state index contributed by atoms with van der Waals surface area (Å²) < 4.78 is 89.7. The first-order valence-corrected chi connectivity index (χ1v) is 9.47. The van der Waals surface area contributed by atoms with Crippen LogP contribution in [0.5, 0.6) is 5.75 Å². The van der Waals surface area contributed by atoms with E-state index in [4.69, 9.17) is 15.2 Å². The van der Waals surface area contributed by atoms with Gasteiger partial charge in [0.1, 0.15) is 35.5 Å². The molecular formula is C20H19F6N5O2. The lowest BCUT2D eigenvalue weighted by molar-refractivity contribution is -0.141. The number of nitrogens with zero attached hydrogens (tertiary/aromatic N) is 3. The molecule has 2 aromatic heterocycles. The third kappa shape index (κ3) is 5.92. The summed E-state index contributed by atoms with van der Waals surface area (Å²) in [5, 5.41) is 3.03. The SMILES string of the molecule is COCCOc1cc2c(NCc3cc(N)nc(C(F)(F)F)c3)nc(C)nc2cc1C(F)(F)F. The van der Waals surface area contributed by atoms with Crippen molar-refractivity contribution >= 4 is 22.5 Å². The molecular weight excluding hydrogens is 456 g/mol. The van der Waals surface area contributed by atoms with Crippen molar-refractivity contribution in [3.63, 3.8) is 0 Å². The Balaban J connectivity index is 2.01. The average Bonchev–Trinajstić information content (AvgIpc) is 2.70. The second-order valence-corrected chi connectivity index (χ2v) is 6.96. The fraction of sp³-hybridized carbons (Fsp3) is 0.350. The Bertz CT molecular complexity index is 1150. The highest BCUT2D eigenvalue weighted by atomic mass is 19.4. The molecule has 0 saturated heterocycles. The normalized spacial score (nSPS) is 12.2. The third-order valence-corrected chi connectivity index (χ3v) is 4.41. The van der Waals surface area contributed by atoms with Gasteiger partial charge in [0, 0.05) is 19.0 Å². The Kier molecular flexibility index (Phi) is 6.81. The van der Waals surface area contributed by atoms with Crippen LogP contribution in [-0.4, -0.2) is 35.3 Å². The molecule has 0 aliphatic carbocycles. The molecule has 2 heterocycles. The van der Waals surface area contributed by atoms with Crippen molar-refractivity contribution in [1.82, 2.24) is 15.0 Å². The van der Waals surface area contributed by atoms with Crippen molar-refractivity contribution in [1.29, 1.82) is 0 Å². The number of hydrogen-bond acceptors (Lipinski definition) is 7. The maximum atomic E-state index is 13.5. The molecule has 0 fully saturated rings. The summed E-state index contributed by atoms with van der Waals surface area (Å²) in [6.07, 6.45) is -9.39. The van der Waals surface area contributed by atoms with Crippen molar-refractivity contribution < 1.29 is 35.8 Å². The Morgan fingerprint density at radius 1 is 0.939 bits per heavy atom. The number of hydrogen-bond donors (Lipinski definition) is 2. The maximum absolute atomic E-state index is 13.5. The van der Waals surface area contributed by atoms with Crippen LogP contribution < -0.4 is 15.8 Å². The number of nitrogen functional groups attached to an aromatic ring is 1. The van der Waals surface area contributed by atoms with Crippen LogP contribution in [0.2, 0.25) is 0 Å². The second kappa shape index (κ2) is 9.25. The molecule has 33 heavy (non-hydrogen) atoms. The fourth-order valence-corrected chi connectivity index (χ4v) is 3.03. The minimum atomic E-state index is -4.70. The number of aromatic nitrogens is 3. The monoisotopic (exact) mass is 475 g/mol. The van der Waals surface area contributed by atoms with Crippen molar-refractivity contribution in [2.45, 2.75) is 25.8 Å². The van der Waals surface area contributed by atoms with Crippen LogP contribution in [0.3, 0.4) is 0 Å². The van der Waals surface area contributed by atoms with Gasteiger partial charge < -0.3 is 20.5 Å². The highest BCUT2D eigenvalue weighted by Gasteiger charge is 2.35. The molecule has 3 rings (SSSR count). The number of fused-ring (bicyclic) bond motifs is 1. The first-order chi connectivity index (χ1) is 15.4. The molecule has 3 aromatic rings. The summed E-state index contributed by atoms with van der Waals surface area (Å²) in [5.41, 5.74) is 3.44. The first kappa shape index (κ1) is 24.3. The molecule has 0 spiro atoms. The molecule has 1 aromatic carbocycles. The lowest BCUT2D eigenvalue weighted by atomic mass is 10.1. The molecule has 0 aliphatic rings. The molecule has 0 bridgehead atoms. The molecule has 0 radical (unpaired) electrons. The van der Waals surface area contributed by atoms with Gasteiger partial charge in [0.2, 0.25) is 0 Å². The van der Waals surface area contributed by atoms with Gasteiger partial charge in [-0.15, -0.1) is 0 Å². The summed E-state index contributed by atoms with van der Waals surface area (Å²) in [4.78, 5) is 11.5. The number of aryl methyl sites for hydroxylation is 1. The number of benzene rings is 1. The van der Waals surface area contributed by atoms with Crippen LogP contribution in [0.4, 0.5) is 38.0 Å². The zero-order valence-corrected chi connectivity index (χ0v) is 17.4. The largest absolute Gasteiger partial charge is 0.491 e. The van der Waals surface area contributed by atoms with Crippen LogP contribution in [0.1, 0.15) is 22.6 Å². The number of alkyl halides is 6. The number of halogens is 6. The van der Waals surface area contributed by atoms with E-state index in [0.717, 1.165) is 18.2 Å². The van der Waals surface area contributed by atoms with Gasteiger partial charge in [-0.1, -0.05) is 0 Å². The fourth-order valence-electron chi connectivity index (χ4n) is 3.03. The van der Waals surface area contributed by atoms with Gasteiger partial charge in [-0.25, -0.2) is 15.0 Å². The summed E-state index contributed by atoms with van der Waals surface area (Å²) in [7, 11) is 1.38. The molecule has 0 unspecified atom stereocenters. The molecule has 7 nitrogen and oxygen atoms in total. The number of pyridine rings is 1. The van der Waals surface area contributed by atoms with Gasteiger partial charge in [0.05, 0.1) is 17.7 Å². The number of anilines is 2. The Hall–Kier alpha value is -3.35. The zero-order chi connectivity index (χ0) is 24.4. The molecule has 0 aliphatic heterocycles.